The molecule has 2 saturated carbocycles. The van der Waals surface area contributed by atoms with Crippen molar-refractivity contribution in [1.82, 2.24) is 10.1 Å². The average Bonchev–Trinajstić information content (AvgIpc) is 3.29. The van der Waals surface area contributed by atoms with Gasteiger partial charge in [0.2, 0.25) is 5.82 Å². The Kier molecular flexibility index (Phi) is 4.27. The van der Waals surface area contributed by atoms with Crippen LogP contribution in [0.4, 0.5) is 0 Å². The van der Waals surface area contributed by atoms with E-state index in [9.17, 15) is 4.79 Å². The molecule has 6 heteroatoms. The summed E-state index contributed by atoms with van der Waals surface area (Å²) in [6.45, 7) is 0.0210. The van der Waals surface area contributed by atoms with E-state index in [1.165, 1.54) is 25.7 Å². The van der Waals surface area contributed by atoms with Gasteiger partial charge in [0, 0.05) is 17.0 Å². The van der Waals surface area contributed by atoms with Crippen molar-refractivity contribution in [2.24, 2.45) is 17.8 Å². The number of nitrogens with zero attached hydrogens (tertiary/aromatic N) is 2. The Morgan fingerprint density at radius 3 is 3.00 bits per heavy atom. The van der Waals surface area contributed by atoms with Crippen molar-refractivity contribution in [1.29, 1.82) is 0 Å². The number of aromatic nitrogens is 2. The second kappa shape index (κ2) is 6.55. The fourth-order valence-electron chi connectivity index (χ4n) is 4.10. The van der Waals surface area contributed by atoms with Crippen LogP contribution in [0.3, 0.4) is 0 Å². The molecule has 0 saturated heterocycles. The van der Waals surface area contributed by atoms with E-state index < -0.39 is 0 Å². The zero-order valence-corrected chi connectivity index (χ0v) is 14.0. The van der Waals surface area contributed by atoms with Crippen molar-refractivity contribution in [2.75, 3.05) is 0 Å². The number of fused-ring (bicyclic) bond motifs is 2. The van der Waals surface area contributed by atoms with Crippen LogP contribution in [-0.4, -0.2) is 16.1 Å². The van der Waals surface area contributed by atoms with E-state index in [4.69, 9.17) is 20.9 Å². The molecule has 0 amide bonds. The number of rotatable bonds is 5. The standard InChI is InChI=1S/C18H19ClN2O3/c19-15-3-1-2-13(8-15)18-20-16(24-21-18)10-23-17(22)9-14-7-11-4-5-12(14)6-11/h1-3,8,11-12,14H,4-7,9-10H2/t11-,12-,14+/m1/s1. The molecule has 0 radical (unpaired) electrons. The molecule has 4 rings (SSSR count). The van der Waals surface area contributed by atoms with Gasteiger partial charge in [-0.05, 0) is 49.1 Å². The number of esters is 1. The molecule has 2 aliphatic carbocycles. The molecule has 1 heterocycles. The molecule has 2 fully saturated rings. The van der Waals surface area contributed by atoms with Crippen LogP contribution < -0.4 is 0 Å². The summed E-state index contributed by atoms with van der Waals surface area (Å²) >= 11 is 5.96. The first-order chi connectivity index (χ1) is 11.7. The summed E-state index contributed by atoms with van der Waals surface area (Å²) in [5.41, 5.74) is 0.769. The van der Waals surface area contributed by atoms with Crippen LogP contribution in [0.25, 0.3) is 11.4 Å². The highest BCUT2D eigenvalue weighted by Crippen LogP contribution is 2.49. The predicted octanol–water partition coefficient (Wildman–Crippen LogP) is 4.26. The fraction of sp³-hybridized carbons (Fsp3) is 0.500. The highest BCUT2D eigenvalue weighted by molar-refractivity contribution is 6.30. The monoisotopic (exact) mass is 346 g/mol. The molecule has 1 aromatic heterocycles. The fourth-order valence-corrected chi connectivity index (χ4v) is 4.29. The Bertz CT molecular complexity index is 745. The second-order valence-electron chi connectivity index (χ2n) is 6.82. The van der Waals surface area contributed by atoms with Gasteiger partial charge < -0.3 is 9.26 Å². The number of carbonyl (C=O) groups excluding carboxylic acids is 1. The maximum absolute atomic E-state index is 12.0. The predicted molar refractivity (Wildman–Crippen MR) is 88.1 cm³/mol. The topological polar surface area (TPSA) is 65.2 Å². The summed E-state index contributed by atoms with van der Waals surface area (Å²) in [6, 6.07) is 7.21. The summed E-state index contributed by atoms with van der Waals surface area (Å²) in [5, 5.41) is 4.51. The van der Waals surface area contributed by atoms with Gasteiger partial charge in [0.25, 0.3) is 5.89 Å². The first kappa shape index (κ1) is 15.6. The summed E-state index contributed by atoms with van der Waals surface area (Å²) < 4.78 is 10.5. The molecule has 2 bridgehead atoms. The Hall–Kier alpha value is -1.88. The van der Waals surface area contributed by atoms with Crippen molar-refractivity contribution >= 4 is 17.6 Å². The lowest BCUT2D eigenvalue weighted by atomic mass is 9.86. The van der Waals surface area contributed by atoms with E-state index in [2.05, 4.69) is 10.1 Å². The van der Waals surface area contributed by atoms with Crippen molar-refractivity contribution in [3.8, 4) is 11.4 Å². The lowest BCUT2D eigenvalue weighted by Gasteiger charge is -2.20. The molecular formula is C18H19ClN2O3. The van der Waals surface area contributed by atoms with Gasteiger partial charge >= 0.3 is 5.97 Å². The van der Waals surface area contributed by atoms with E-state index in [1.54, 1.807) is 12.1 Å². The van der Waals surface area contributed by atoms with Crippen LogP contribution >= 0.6 is 11.6 Å². The molecule has 126 valence electrons. The Labute approximate surface area is 145 Å². The molecule has 2 aromatic rings. The van der Waals surface area contributed by atoms with Crippen LogP contribution in [-0.2, 0) is 16.1 Å². The normalized spacial score (nSPS) is 25.1. The van der Waals surface area contributed by atoms with E-state index in [1.807, 2.05) is 12.1 Å². The van der Waals surface area contributed by atoms with Gasteiger partial charge in [-0.25, -0.2) is 0 Å². The summed E-state index contributed by atoms with van der Waals surface area (Å²) in [6.07, 6.45) is 5.60. The van der Waals surface area contributed by atoms with Crippen molar-refractivity contribution in [3.63, 3.8) is 0 Å². The molecule has 24 heavy (non-hydrogen) atoms. The number of carbonyl (C=O) groups is 1. The zero-order chi connectivity index (χ0) is 16.5. The van der Waals surface area contributed by atoms with Gasteiger partial charge in [-0.1, -0.05) is 35.3 Å². The Morgan fingerprint density at radius 1 is 1.33 bits per heavy atom. The molecule has 0 aliphatic heterocycles. The smallest absolute Gasteiger partial charge is 0.306 e. The van der Waals surface area contributed by atoms with E-state index in [0.29, 0.717) is 29.1 Å². The van der Waals surface area contributed by atoms with Crippen LogP contribution in [0.5, 0.6) is 0 Å². The number of ether oxygens (including phenoxy) is 1. The van der Waals surface area contributed by atoms with Gasteiger partial charge in [0.1, 0.15) is 0 Å². The van der Waals surface area contributed by atoms with Gasteiger partial charge in [0.05, 0.1) is 0 Å². The summed E-state index contributed by atoms with van der Waals surface area (Å²) in [5.74, 6) is 2.63. The first-order valence-electron chi connectivity index (χ1n) is 8.41. The lowest BCUT2D eigenvalue weighted by Crippen LogP contribution is -2.17. The second-order valence-corrected chi connectivity index (χ2v) is 7.26. The first-order valence-corrected chi connectivity index (χ1v) is 8.79. The molecule has 1 aromatic carbocycles. The molecule has 2 aliphatic rings. The van der Waals surface area contributed by atoms with E-state index >= 15 is 0 Å². The van der Waals surface area contributed by atoms with E-state index in [0.717, 1.165) is 17.4 Å². The largest absolute Gasteiger partial charge is 0.456 e. The van der Waals surface area contributed by atoms with Crippen molar-refractivity contribution in [2.45, 2.75) is 38.7 Å². The third-order valence-corrected chi connectivity index (χ3v) is 5.46. The van der Waals surface area contributed by atoms with Crippen molar-refractivity contribution in [3.05, 3.63) is 35.2 Å². The number of halogens is 1. The minimum Gasteiger partial charge on any atom is -0.456 e. The summed E-state index contributed by atoms with van der Waals surface area (Å²) in [4.78, 5) is 16.3. The number of hydrogen-bond donors (Lipinski definition) is 0. The Balaban J connectivity index is 1.31. The SMILES string of the molecule is O=C(C[C@@H]1C[C@@H]2CC[C@@H]1C2)OCc1nc(-c2cccc(Cl)c2)no1. The van der Waals surface area contributed by atoms with Crippen molar-refractivity contribution < 1.29 is 14.1 Å². The highest BCUT2D eigenvalue weighted by atomic mass is 35.5. The molecule has 5 nitrogen and oxygen atoms in total. The molecule has 3 atom stereocenters. The number of hydrogen-bond acceptors (Lipinski definition) is 5. The third kappa shape index (κ3) is 3.31. The van der Waals surface area contributed by atoms with Crippen LogP contribution in [0.15, 0.2) is 28.8 Å². The van der Waals surface area contributed by atoms with Gasteiger partial charge in [-0.2, -0.15) is 4.98 Å². The molecular weight excluding hydrogens is 328 g/mol. The molecule has 0 N–H and O–H groups in total. The maximum Gasteiger partial charge on any atom is 0.306 e. The zero-order valence-electron chi connectivity index (χ0n) is 13.3. The minimum absolute atomic E-state index is 0.0210. The lowest BCUT2D eigenvalue weighted by molar-refractivity contribution is -0.147. The van der Waals surface area contributed by atoms with Gasteiger partial charge in [-0.3, -0.25) is 4.79 Å². The third-order valence-electron chi connectivity index (χ3n) is 5.22. The Morgan fingerprint density at radius 2 is 2.25 bits per heavy atom. The van der Waals surface area contributed by atoms with Crippen LogP contribution in [0, 0.1) is 17.8 Å². The van der Waals surface area contributed by atoms with Crippen LogP contribution in [0.2, 0.25) is 5.02 Å². The quantitative estimate of drug-likeness (QED) is 0.757. The highest BCUT2D eigenvalue weighted by Gasteiger charge is 2.40. The molecule has 0 spiro atoms. The van der Waals surface area contributed by atoms with E-state index in [-0.39, 0.29) is 12.6 Å². The van der Waals surface area contributed by atoms with Gasteiger partial charge in [-0.15, -0.1) is 0 Å². The minimum atomic E-state index is -0.171. The molecule has 0 unspecified atom stereocenters. The van der Waals surface area contributed by atoms with Gasteiger partial charge in [0.15, 0.2) is 6.61 Å². The van der Waals surface area contributed by atoms with Crippen LogP contribution in [0.1, 0.15) is 38.0 Å². The number of benzene rings is 1. The average molecular weight is 347 g/mol. The summed E-state index contributed by atoms with van der Waals surface area (Å²) in [7, 11) is 0. The maximum atomic E-state index is 12.0.